The molecule has 0 fully saturated rings. The zero-order valence-corrected chi connectivity index (χ0v) is 10.2. The van der Waals surface area contributed by atoms with Crippen LogP contribution in [0.2, 0.25) is 0 Å². The van der Waals surface area contributed by atoms with Crippen molar-refractivity contribution in [1.82, 2.24) is 9.97 Å². The van der Waals surface area contributed by atoms with Gasteiger partial charge in [-0.2, -0.15) is 0 Å². The number of benzene rings is 1. The topological polar surface area (TPSA) is 63.8 Å². The van der Waals surface area contributed by atoms with Crippen molar-refractivity contribution < 1.29 is 0 Å². The quantitative estimate of drug-likeness (QED) is 0.626. The molecule has 0 radical (unpaired) electrons. The highest BCUT2D eigenvalue weighted by Gasteiger charge is 1.99. The molecule has 0 saturated heterocycles. The van der Waals surface area contributed by atoms with Crippen LogP contribution in [0.1, 0.15) is 0 Å². The molecule has 2 rings (SSSR count). The van der Waals surface area contributed by atoms with Crippen LogP contribution in [-0.4, -0.2) is 22.3 Å². The molecule has 0 spiro atoms. The van der Waals surface area contributed by atoms with E-state index in [0.29, 0.717) is 11.6 Å². The molecule has 0 aliphatic heterocycles. The molecular weight excluding hydrogens is 232 g/mol. The summed E-state index contributed by atoms with van der Waals surface area (Å²) in [7, 11) is 0. The van der Waals surface area contributed by atoms with Crippen LogP contribution >= 0.6 is 11.8 Å². The summed E-state index contributed by atoms with van der Waals surface area (Å²) < 4.78 is 0. The predicted octanol–water partition coefficient (Wildman–Crippen LogP) is 2.26. The number of nitrogen functional groups attached to an aromatic ring is 1. The summed E-state index contributed by atoms with van der Waals surface area (Å²) in [4.78, 5) is 9.34. The van der Waals surface area contributed by atoms with Crippen molar-refractivity contribution in [2.24, 2.45) is 0 Å². The fourth-order valence-electron chi connectivity index (χ4n) is 1.34. The summed E-state index contributed by atoms with van der Waals surface area (Å²) in [6.45, 7) is 0.808. The largest absolute Gasteiger partial charge is 0.381 e. The summed E-state index contributed by atoms with van der Waals surface area (Å²) in [5.74, 6) is 2.05. The maximum atomic E-state index is 5.67. The molecule has 0 bridgehead atoms. The fraction of sp³-hybridized carbons (Fsp3) is 0.167. The average molecular weight is 246 g/mol. The van der Waals surface area contributed by atoms with Crippen molar-refractivity contribution in [3.63, 3.8) is 0 Å². The molecule has 0 unspecified atom stereocenters. The van der Waals surface area contributed by atoms with Crippen molar-refractivity contribution in [2.75, 3.05) is 23.3 Å². The first kappa shape index (κ1) is 11.7. The Balaban J connectivity index is 1.76. The van der Waals surface area contributed by atoms with Crippen LogP contribution in [0.5, 0.6) is 0 Å². The van der Waals surface area contributed by atoms with Crippen molar-refractivity contribution in [1.29, 1.82) is 0 Å². The molecule has 1 heterocycles. The van der Waals surface area contributed by atoms with Gasteiger partial charge in [0.2, 0.25) is 0 Å². The Morgan fingerprint density at radius 3 is 2.65 bits per heavy atom. The number of nitrogens with two attached hydrogens (primary N) is 1. The van der Waals surface area contributed by atoms with Gasteiger partial charge < -0.3 is 11.1 Å². The lowest BCUT2D eigenvalue weighted by atomic mass is 10.4. The number of thioether (sulfide) groups is 1. The average Bonchev–Trinajstić information content (AvgIpc) is 2.38. The molecule has 17 heavy (non-hydrogen) atoms. The summed E-state index contributed by atoms with van der Waals surface area (Å²) in [6.07, 6.45) is 3.21. The van der Waals surface area contributed by atoms with E-state index in [-0.39, 0.29) is 0 Å². The number of nitrogens with one attached hydrogen (secondary N) is 1. The Bertz CT molecular complexity index is 461. The van der Waals surface area contributed by atoms with E-state index < -0.39 is 0 Å². The van der Waals surface area contributed by atoms with Gasteiger partial charge in [-0.05, 0) is 12.1 Å². The van der Waals surface area contributed by atoms with E-state index in [9.17, 15) is 0 Å². The van der Waals surface area contributed by atoms with Crippen LogP contribution in [0, 0.1) is 0 Å². The lowest BCUT2D eigenvalue weighted by Crippen LogP contribution is -2.08. The molecule has 3 N–H and O–H groups in total. The van der Waals surface area contributed by atoms with Gasteiger partial charge in [0.15, 0.2) is 11.6 Å². The minimum Gasteiger partial charge on any atom is -0.381 e. The number of hydrogen-bond donors (Lipinski definition) is 2. The summed E-state index contributed by atoms with van der Waals surface area (Å²) in [6, 6.07) is 10.3. The number of hydrogen-bond acceptors (Lipinski definition) is 5. The molecule has 0 amide bonds. The van der Waals surface area contributed by atoms with Crippen LogP contribution in [0.15, 0.2) is 47.6 Å². The molecule has 0 saturated carbocycles. The third-order valence-corrected chi connectivity index (χ3v) is 3.15. The third kappa shape index (κ3) is 3.64. The van der Waals surface area contributed by atoms with Crippen LogP contribution in [0.3, 0.4) is 0 Å². The monoisotopic (exact) mass is 246 g/mol. The van der Waals surface area contributed by atoms with Crippen LogP contribution in [0.25, 0.3) is 0 Å². The Kier molecular flexibility index (Phi) is 4.21. The van der Waals surface area contributed by atoms with E-state index >= 15 is 0 Å². The normalized spacial score (nSPS) is 10.1. The first-order chi connectivity index (χ1) is 8.36. The van der Waals surface area contributed by atoms with Crippen molar-refractivity contribution in [2.45, 2.75) is 4.90 Å². The lowest BCUT2D eigenvalue weighted by Gasteiger charge is -2.06. The van der Waals surface area contributed by atoms with Crippen LogP contribution in [-0.2, 0) is 0 Å². The summed E-state index contributed by atoms with van der Waals surface area (Å²) >= 11 is 1.79. The molecule has 0 aliphatic carbocycles. The number of anilines is 2. The van der Waals surface area contributed by atoms with Gasteiger partial charge in [0.1, 0.15) is 0 Å². The molecule has 1 aromatic carbocycles. The Hall–Kier alpha value is -1.75. The minimum absolute atomic E-state index is 0.442. The van der Waals surface area contributed by atoms with E-state index in [1.165, 1.54) is 4.90 Å². The van der Waals surface area contributed by atoms with E-state index in [2.05, 4.69) is 27.4 Å². The van der Waals surface area contributed by atoms with Crippen LogP contribution in [0.4, 0.5) is 11.6 Å². The minimum atomic E-state index is 0.442. The van der Waals surface area contributed by atoms with E-state index in [4.69, 9.17) is 5.73 Å². The highest BCUT2D eigenvalue weighted by atomic mass is 32.2. The zero-order valence-electron chi connectivity index (χ0n) is 9.34. The fourth-order valence-corrected chi connectivity index (χ4v) is 2.13. The Morgan fingerprint density at radius 2 is 1.88 bits per heavy atom. The number of nitrogens with zero attached hydrogens (tertiary/aromatic N) is 2. The standard InChI is InChI=1S/C12H14N4S/c13-11-12(15-7-6-14-11)16-8-9-17-10-4-2-1-3-5-10/h1-7H,8-9H2,(H2,13,14)(H,15,16). The Morgan fingerprint density at radius 1 is 1.12 bits per heavy atom. The smallest absolute Gasteiger partial charge is 0.168 e. The van der Waals surface area contributed by atoms with Gasteiger partial charge in [0, 0.05) is 29.6 Å². The zero-order chi connectivity index (χ0) is 11.9. The number of rotatable bonds is 5. The van der Waals surface area contributed by atoms with E-state index in [1.807, 2.05) is 18.2 Å². The van der Waals surface area contributed by atoms with Gasteiger partial charge in [0.25, 0.3) is 0 Å². The second-order valence-electron chi connectivity index (χ2n) is 3.38. The third-order valence-electron chi connectivity index (χ3n) is 2.13. The predicted molar refractivity (Wildman–Crippen MR) is 72.1 cm³/mol. The molecule has 0 atom stereocenters. The van der Waals surface area contributed by atoms with Gasteiger partial charge in [-0.25, -0.2) is 9.97 Å². The highest BCUT2D eigenvalue weighted by molar-refractivity contribution is 7.99. The second kappa shape index (κ2) is 6.10. The molecule has 0 aliphatic rings. The first-order valence-electron chi connectivity index (χ1n) is 5.34. The lowest BCUT2D eigenvalue weighted by molar-refractivity contribution is 1.13. The van der Waals surface area contributed by atoms with E-state index in [0.717, 1.165) is 12.3 Å². The maximum absolute atomic E-state index is 5.67. The van der Waals surface area contributed by atoms with E-state index in [1.54, 1.807) is 24.2 Å². The van der Waals surface area contributed by atoms with Crippen molar-refractivity contribution in [3.8, 4) is 0 Å². The van der Waals surface area contributed by atoms with Gasteiger partial charge >= 0.3 is 0 Å². The van der Waals surface area contributed by atoms with Crippen molar-refractivity contribution in [3.05, 3.63) is 42.7 Å². The second-order valence-corrected chi connectivity index (χ2v) is 4.55. The maximum Gasteiger partial charge on any atom is 0.168 e. The van der Waals surface area contributed by atoms with Crippen LogP contribution < -0.4 is 11.1 Å². The Labute approximate surface area is 105 Å². The van der Waals surface area contributed by atoms with Gasteiger partial charge in [-0.1, -0.05) is 18.2 Å². The van der Waals surface area contributed by atoms with Gasteiger partial charge in [-0.3, -0.25) is 0 Å². The summed E-state index contributed by atoms with van der Waals surface area (Å²) in [5.41, 5.74) is 5.67. The SMILES string of the molecule is Nc1nccnc1NCCSc1ccccc1. The van der Waals surface area contributed by atoms with Gasteiger partial charge in [-0.15, -0.1) is 11.8 Å². The molecule has 4 nitrogen and oxygen atoms in total. The van der Waals surface area contributed by atoms with Gasteiger partial charge in [0.05, 0.1) is 0 Å². The highest BCUT2D eigenvalue weighted by Crippen LogP contribution is 2.17. The molecule has 5 heteroatoms. The molecule has 88 valence electrons. The van der Waals surface area contributed by atoms with Crippen molar-refractivity contribution >= 4 is 23.4 Å². The number of aromatic nitrogens is 2. The molecular formula is C12H14N4S. The molecule has 1 aromatic heterocycles. The summed E-state index contributed by atoms with van der Waals surface area (Å²) in [5, 5.41) is 3.16. The first-order valence-corrected chi connectivity index (χ1v) is 6.33. The molecule has 2 aromatic rings.